The Morgan fingerprint density at radius 1 is 1.08 bits per heavy atom. The third-order valence-electron chi connectivity index (χ3n) is 7.13. The molecule has 0 aliphatic carbocycles. The monoisotopic (exact) mass is 516 g/mol. The van der Waals surface area contributed by atoms with Crippen LogP contribution in [0.15, 0.2) is 60.9 Å². The summed E-state index contributed by atoms with van der Waals surface area (Å²) in [6.45, 7) is 5.14. The van der Waals surface area contributed by atoms with Gasteiger partial charge in [-0.1, -0.05) is 42.8 Å². The average molecular weight is 517 g/mol. The third kappa shape index (κ3) is 4.23. The van der Waals surface area contributed by atoms with Crippen molar-refractivity contribution in [3.63, 3.8) is 0 Å². The van der Waals surface area contributed by atoms with Crippen LogP contribution in [0.4, 0.5) is 10.2 Å². The molecule has 8 heteroatoms. The highest BCUT2D eigenvalue weighted by molar-refractivity contribution is 6.35. The Morgan fingerprint density at radius 2 is 1.92 bits per heavy atom. The number of phenols is 1. The van der Waals surface area contributed by atoms with Crippen LogP contribution in [0.3, 0.4) is 0 Å². The van der Waals surface area contributed by atoms with Gasteiger partial charge >= 0.3 is 6.01 Å². The fraction of sp³-hybridized carbons (Fsp3) is 0.241. The Hall–Kier alpha value is -3.84. The highest BCUT2D eigenvalue weighted by Crippen LogP contribution is 2.43. The average Bonchev–Trinajstić information content (AvgIpc) is 3.38. The molecular formula is C29H26ClFN4O2. The smallest absolute Gasteiger partial charge is 0.324 e. The number of H-pyrrole nitrogens is 1. The van der Waals surface area contributed by atoms with Gasteiger partial charge in [0.2, 0.25) is 0 Å². The Bertz CT molecular complexity index is 1620. The molecule has 3 heterocycles. The highest BCUT2D eigenvalue weighted by Gasteiger charge is 2.29. The number of nitrogens with zero attached hydrogens (tertiary/aromatic N) is 3. The minimum atomic E-state index is -0.585. The number of hydrogen-bond acceptors (Lipinski definition) is 5. The molecule has 6 nitrogen and oxygen atoms in total. The normalized spacial score (nSPS) is 18.0. The molecule has 1 fully saturated rings. The molecule has 188 valence electrons. The minimum Gasteiger partial charge on any atom is -0.508 e. The van der Waals surface area contributed by atoms with E-state index < -0.39 is 5.82 Å². The van der Waals surface area contributed by atoms with Crippen molar-refractivity contribution in [3.8, 4) is 28.6 Å². The molecule has 1 saturated heterocycles. The van der Waals surface area contributed by atoms with Gasteiger partial charge in [-0.3, -0.25) is 0 Å². The number of rotatable bonds is 4. The zero-order valence-corrected chi connectivity index (χ0v) is 21.3. The molecule has 0 bridgehead atoms. The minimum absolute atomic E-state index is 0.0280. The first kappa shape index (κ1) is 23.6. The number of aromatic nitrogens is 3. The number of piperidine rings is 1. The highest BCUT2D eigenvalue weighted by atomic mass is 35.5. The van der Waals surface area contributed by atoms with Gasteiger partial charge in [-0.05, 0) is 66.3 Å². The Labute approximate surface area is 218 Å². The standard InChI is InChI=1S/C29H26ClFN4O2/c1-16-7-8-17(2)35(15-16)28-23-13-24(30)25(22-12-19(36)11-18-5-3-4-6-21(18)22)26(31)27(23)33-29(34-28)37-20-9-10-32-14-20/h3-6,9-14,16-17,32,36H,7-8,15H2,1-2H3/t16-,17-/m0/s1. The van der Waals surface area contributed by atoms with Gasteiger partial charge in [-0.2, -0.15) is 9.97 Å². The first-order chi connectivity index (χ1) is 17.9. The predicted octanol–water partition coefficient (Wildman–Crippen LogP) is 7.69. The zero-order valence-electron chi connectivity index (χ0n) is 20.5. The lowest BCUT2D eigenvalue weighted by Crippen LogP contribution is -2.41. The van der Waals surface area contributed by atoms with Crippen molar-refractivity contribution in [3.05, 3.63) is 71.8 Å². The van der Waals surface area contributed by atoms with Crippen LogP contribution in [0.25, 0.3) is 32.8 Å². The Morgan fingerprint density at radius 3 is 2.73 bits per heavy atom. The molecule has 1 aliphatic heterocycles. The SMILES string of the molecule is C[C@H]1CC[C@H](C)N(c2nc(Oc3cc[nH]c3)nc3c(F)c(-c4cc(O)cc5ccccc45)c(Cl)cc23)C1. The van der Waals surface area contributed by atoms with Crippen LogP contribution in [-0.2, 0) is 0 Å². The number of phenolic OH excluding ortho intramolecular Hbond substituents is 1. The van der Waals surface area contributed by atoms with Crippen LogP contribution in [0.5, 0.6) is 17.5 Å². The van der Waals surface area contributed by atoms with Gasteiger partial charge in [0.05, 0.1) is 5.02 Å². The van der Waals surface area contributed by atoms with Gasteiger partial charge in [0.25, 0.3) is 0 Å². The lowest BCUT2D eigenvalue weighted by Gasteiger charge is -2.38. The second-order valence-electron chi connectivity index (χ2n) is 9.82. The van der Waals surface area contributed by atoms with E-state index in [0.717, 1.165) is 30.2 Å². The molecule has 0 saturated carbocycles. The van der Waals surface area contributed by atoms with Crippen molar-refractivity contribution in [1.29, 1.82) is 0 Å². The second-order valence-corrected chi connectivity index (χ2v) is 10.2. The van der Waals surface area contributed by atoms with E-state index in [-0.39, 0.29) is 33.9 Å². The summed E-state index contributed by atoms with van der Waals surface area (Å²) in [5.74, 6) is 1.04. The fourth-order valence-electron chi connectivity index (χ4n) is 5.23. The topological polar surface area (TPSA) is 74.3 Å². The number of benzene rings is 3. The summed E-state index contributed by atoms with van der Waals surface area (Å²) in [6.07, 6.45) is 5.54. The predicted molar refractivity (Wildman–Crippen MR) is 145 cm³/mol. The number of ether oxygens (including phenoxy) is 1. The molecule has 3 aromatic carbocycles. The first-order valence-corrected chi connectivity index (χ1v) is 12.8. The summed E-state index contributed by atoms with van der Waals surface area (Å²) < 4.78 is 22.4. The lowest BCUT2D eigenvalue weighted by molar-refractivity contribution is 0.385. The van der Waals surface area contributed by atoms with Crippen molar-refractivity contribution in [1.82, 2.24) is 15.0 Å². The molecular weight excluding hydrogens is 491 g/mol. The fourth-order valence-corrected chi connectivity index (χ4v) is 5.53. The van der Waals surface area contributed by atoms with E-state index >= 15 is 4.39 Å². The number of hydrogen-bond donors (Lipinski definition) is 2. The molecule has 6 rings (SSSR count). The molecule has 2 N–H and O–H groups in total. The van der Waals surface area contributed by atoms with E-state index in [4.69, 9.17) is 21.3 Å². The van der Waals surface area contributed by atoms with Crippen molar-refractivity contribution in [2.75, 3.05) is 11.4 Å². The summed E-state index contributed by atoms with van der Waals surface area (Å²) >= 11 is 6.80. The molecule has 5 aromatic rings. The van der Waals surface area contributed by atoms with Gasteiger partial charge in [-0.15, -0.1) is 0 Å². The quantitative estimate of drug-likeness (QED) is 0.256. The summed E-state index contributed by atoms with van der Waals surface area (Å²) in [5.41, 5.74) is 0.791. The number of aromatic hydroxyl groups is 1. The van der Waals surface area contributed by atoms with E-state index in [2.05, 4.69) is 28.7 Å². The van der Waals surface area contributed by atoms with Crippen molar-refractivity contribution in [2.24, 2.45) is 5.92 Å². The number of halogens is 2. The molecule has 0 amide bonds. The maximum absolute atomic E-state index is 16.5. The number of aromatic amines is 1. The van der Waals surface area contributed by atoms with Crippen molar-refractivity contribution >= 4 is 39.1 Å². The zero-order chi connectivity index (χ0) is 25.7. The van der Waals surface area contributed by atoms with Crippen LogP contribution in [0.1, 0.15) is 26.7 Å². The van der Waals surface area contributed by atoms with E-state index in [9.17, 15) is 5.11 Å². The maximum Gasteiger partial charge on any atom is 0.324 e. The van der Waals surface area contributed by atoms with Gasteiger partial charge in [0, 0.05) is 35.9 Å². The van der Waals surface area contributed by atoms with Gasteiger partial charge in [0.1, 0.15) is 22.8 Å². The van der Waals surface area contributed by atoms with Crippen molar-refractivity contribution < 1.29 is 14.2 Å². The molecule has 2 atom stereocenters. The first-order valence-electron chi connectivity index (χ1n) is 12.4. The number of nitrogens with one attached hydrogen (secondary N) is 1. The Balaban J connectivity index is 1.62. The van der Waals surface area contributed by atoms with Crippen LogP contribution in [-0.4, -0.2) is 32.6 Å². The van der Waals surface area contributed by atoms with Crippen LogP contribution < -0.4 is 9.64 Å². The van der Waals surface area contributed by atoms with E-state index in [0.29, 0.717) is 28.4 Å². The molecule has 37 heavy (non-hydrogen) atoms. The maximum atomic E-state index is 16.5. The lowest BCUT2D eigenvalue weighted by atomic mass is 9.94. The van der Waals surface area contributed by atoms with Crippen LogP contribution >= 0.6 is 11.6 Å². The number of fused-ring (bicyclic) bond motifs is 2. The van der Waals surface area contributed by atoms with Crippen LogP contribution in [0.2, 0.25) is 5.02 Å². The van der Waals surface area contributed by atoms with Crippen molar-refractivity contribution in [2.45, 2.75) is 32.7 Å². The molecule has 1 aliphatic rings. The van der Waals surface area contributed by atoms with Gasteiger partial charge in [-0.25, -0.2) is 4.39 Å². The molecule has 0 spiro atoms. The molecule has 0 unspecified atom stereocenters. The Kier molecular flexibility index (Phi) is 5.88. The summed E-state index contributed by atoms with van der Waals surface area (Å²) in [7, 11) is 0. The van der Waals surface area contributed by atoms with E-state index in [1.165, 1.54) is 6.07 Å². The second kappa shape index (κ2) is 9.23. The molecule has 2 aromatic heterocycles. The largest absolute Gasteiger partial charge is 0.508 e. The van der Waals surface area contributed by atoms with Gasteiger partial charge < -0.3 is 19.7 Å². The van der Waals surface area contributed by atoms with E-state index in [1.807, 2.05) is 24.3 Å². The van der Waals surface area contributed by atoms with Crippen LogP contribution in [0, 0.1) is 11.7 Å². The summed E-state index contributed by atoms with van der Waals surface area (Å²) in [6, 6.07) is 14.4. The number of anilines is 1. The summed E-state index contributed by atoms with van der Waals surface area (Å²) in [5, 5.41) is 12.7. The molecule has 0 radical (unpaired) electrons. The third-order valence-corrected chi connectivity index (χ3v) is 7.42. The van der Waals surface area contributed by atoms with Gasteiger partial charge in [0.15, 0.2) is 5.82 Å². The van der Waals surface area contributed by atoms with E-state index in [1.54, 1.807) is 30.6 Å². The summed E-state index contributed by atoms with van der Waals surface area (Å²) in [4.78, 5) is 14.4.